The molecule has 0 amide bonds. The maximum atomic E-state index is 12.7. The van der Waals surface area contributed by atoms with Crippen LogP contribution < -0.4 is 0 Å². The van der Waals surface area contributed by atoms with Crippen molar-refractivity contribution in [1.82, 2.24) is 0 Å². The summed E-state index contributed by atoms with van der Waals surface area (Å²) in [6.45, 7) is 9.54. The minimum atomic E-state index is -0.618. The number of benzene rings is 1. The summed E-state index contributed by atoms with van der Waals surface area (Å²) in [7, 11) is 0. The van der Waals surface area contributed by atoms with Crippen molar-refractivity contribution < 1.29 is 14.3 Å². The normalized spacial score (nSPS) is 14.5. The van der Waals surface area contributed by atoms with Crippen molar-refractivity contribution in [2.45, 2.75) is 52.6 Å². The van der Waals surface area contributed by atoms with Crippen molar-refractivity contribution in [3.63, 3.8) is 0 Å². The predicted molar refractivity (Wildman–Crippen MR) is 92.0 cm³/mol. The molecule has 1 aromatic carbocycles. The quantitative estimate of drug-likeness (QED) is 0.629. The van der Waals surface area contributed by atoms with Gasteiger partial charge in [0, 0.05) is 5.92 Å². The fraction of sp³-hybridized carbons (Fsp3) is 0.556. The minimum Gasteiger partial charge on any atom is -0.459 e. The number of hydrogen-bond acceptors (Lipinski definition) is 3. The average Bonchev–Trinajstić information content (AvgIpc) is 2.36. The van der Waals surface area contributed by atoms with Gasteiger partial charge in [0.1, 0.15) is 5.60 Å². The van der Waals surface area contributed by atoms with Crippen LogP contribution in [0.5, 0.6) is 0 Å². The number of esters is 1. The molecular formula is C18H26O3S. The molecule has 1 unspecified atom stereocenters. The zero-order valence-electron chi connectivity index (χ0n) is 14.0. The Morgan fingerprint density at radius 2 is 1.68 bits per heavy atom. The smallest absolute Gasteiger partial charge is 0.314 e. The lowest BCUT2D eigenvalue weighted by Gasteiger charge is -2.29. The Bertz CT molecular complexity index is 503. The van der Waals surface area contributed by atoms with Crippen molar-refractivity contribution in [2.24, 2.45) is 11.8 Å². The number of carbonyl (C=O) groups excluding carboxylic acids is 2. The Hall–Kier alpha value is -1.29. The molecule has 1 aromatic rings. The molecule has 0 fully saturated rings. The second-order valence-electron chi connectivity index (χ2n) is 7.00. The lowest BCUT2D eigenvalue weighted by atomic mass is 9.81. The highest BCUT2D eigenvalue weighted by molar-refractivity contribution is 7.96. The number of hydrogen-bond donors (Lipinski definition) is 1. The monoisotopic (exact) mass is 322 g/mol. The maximum Gasteiger partial charge on any atom is 0.314 e. The molecule has 0 saturated heterocycles. The largest absolute Gasteiger partial charge is 0.459 e. The van der Waals surface area contributed by atoms with Gasteiger partial charge in [-0.15, -0.1) is 12.6 Å². The molecule has 0 bridgehead atoms. The molecule has 0 saturated carbocycles. The molecule has 3 nitrogen and oxygen atoms in total. The third-order valence-corrected chi connectivity index (χ3v) is 3.60. The van der Waals surface area contributed by atoms with Crippen molar-refractivity contribution in [1.29, 1.82) is 0 Å². The van der Waals surface area contributed by atoms with Crippen LogP contribution in [0.2, 0.25) is 0 Å². The van der Waals surface area contributed by atoms with Crippen molar-refractivity contribution in [3.05, 3.63) is 35.9 Å². The summed E-state index contributed by atoms with van der Waals surface area (Å²) in [5.74, 6) is -1.19. The van der Waals surface area contributed by atoms with Crippen LogP contribution in [0.4, 0.5) is 0 Å². The van der Waals surface area contributed by atoms with Gasteiger partial charge < -0.3 is 4.74 Å². The molecule has 2 atom stereocenters. The van der Waals surface area contributed by atoms with E-state index in [1.54, 1.807) is 0 Å². The molecule has 0 radical (unpaired) electrons. The Morgan fingerprint density at radius 1 is 1.14 bits per heavy atom. The standard InChI is InChI=1S/C18H26O3S/c1-12(2)11-14(17(20)22)15(13-9-7-6-8-10-13)16(19)21-18(3,4)5/h6-10,12,14-15H,11H2,1-5H3,(H,20,22)/t14-,15?/m0/s1. The Labute approximate surface area is 138 Å². The lowest BCUT2D eigenvalue weighted by molar-refractivity contribution is -0.159. The molecule has 122 valence electrons. The summed E-state index contributed by atoms with van der Waals surface area (Å²) in [6.07, 6.45) is 0.598. The number of thiol groups is 1. The van der Waals surface area contributed by atoms with Gasteiger partial charge in [0.25, 0.3) is 0 Å². The lowest BCUT2D eigenvalue weighted by Crippen LogP contribution is -2.33. The molecule has 4 heteroatoms. The molecule has 0 aliphatic carbocycles. The molecule has 0 heterocycles. The van der Waals surface area contributed by atoms with Gasteiger partial charge in [0.2, 0.25) is 0 Å². The van der Waals surface area contributed by atoms with Gasteiger partial charge in [0.05, 0.1) is 5.92 Å². The highest BCUT2D eigenvalue weighted by Crippen LogP contribution is 2.33. The first kappa shape index (κ1) is 18.8. The molecule has 1 rings (SSSR count). The fourth-order valence-corrected chi connectivity index (χ4v) is 2.70. The third-order valence-electron chi connectivity index (χ3n) is 3.26. The average molecular weight is 322 g/mol. The van der Waals surface area contributed by atoms with E-state index in [1.807, 2.05) is 65.0 Å². The van der Waals surface area contributed by atoms with E-state index in [-0.39, 0.29) is 17.0 Å². The van der Waals surface area contributed by atoms with Crippen LogP contribution in [0.15, 0.2) is 30.3 Å². The molecule has 0 aromatic heterocycles. The van der Waals surface area contributed by atoms with Crippen LogP contribution in [-0.4, -0.2) is 16.7 Å². The second kappa shape index (κ2) is 7.82. The van der Waals surface area contributed by atoms with Crippen LogP contribution in [0.1, 0.15) is 52.5 Å². The Morgan fingerprint density at radius 3 is 2.09 bits per heavy atom. The van der Waals surface area contributed by atoms with E-state index in [1.165, 1.54) is 0 Å². The molecule has 0 spiro atoms. The first-order valence-corrected chi connectivity index (χ1v) is 8.07. The highest BCUT2D eigenvalue weighted by atomic mass is 32.1. The van der Waals surface area contributed by atoms with Gasteiger partial charge in [0.15, 0.2) is 5.12 Å². The molecule has 0 aliphatic heterocycles. The summed E-state index contributed by atoms with van der Waals surface area (Å²) in [5.41, 5.74) is 0.205. The first-order valence-electron chi connectivity index (χ1n) is 7.62. The highest BCUT2D eigenvalue weighted by Gasteiger charge is 2.36. The van der Waals surface area contributed by atoms with E-state index in [2.05, 4.69) is 12.6 Å². The van der Waals surface area contributed by atoms with Gasteiger partial charge in [-0.25, -0.2) is 0 Å². The first-order chi connectivity index (χ1) is 10.1. The van der Waals surface area contributed by atoms with Crippen molar-refractivity contribution >= 4 is 23.7 Å². The van der Waals surface area contributed by atoms with E-state index >= 15 is 0 Å². The topological polar surface area (TPSA) is 43.4 Å². The van der Waals surface area contributed by atoms with Gasteiger partial charge in [-0.05, 0) is 38.7 Å². The number of ether oxygens (including phenoxy) is 1. The minimum absolute atomic E-state index is 0.270. The summed E-state index contributed by atoms with van der Waals surface area (Å²) >= 11 is 4.02. The van der Waals surface area contributed by atoms with Gasteiger partial charge in [-0.1, -0.05) is 44.2 Å². The maximum absolute atomic E-state index is 12.7. The zero-order valence-corrected chi connectivity index (χ0v) is 14.9. The van der Waals surface area contributed by atoms with Gasteiger partial charge >= 0.3 is 5.97 Å². The fourth-order valence-electron chi connectivity index (χ4n) is 2.45. The van der Waals surface area contributed by atoms with Crippen LogP contribution in [0.25, 0.3) is 0 Å². The van der Waals surface area contributed by atoms with E-state index in [0.717, 1.165) is 5.56 Å². The molecule has 22 heavy (non-hydrogen) atoms. The van der Waals surface area contributed by atoms with E-state index in [9.17, 15) is 9.59 Å². The van der Waals surface area contributed by atoms with Crippen molar-refractivity contribution in [3.8, 4) is 0 Å². The third kappa shape index (κ3) is 5.84. The van der Waals surface area contributed by atoms with E-state index in [4.69, 9.17) is 4.74 Å². The summed E-state index contributed by atoms with van der Waals surface area (Å²) in [5, 5.41) is -0.270. The van der Waals surface area contributed by atoms with Crippen LogP contribution in [-0.2, 0) is 14.3 Å². The second-order valence-corrected chi connectivity index (χ2v) is 7.44. The van der Waals surface area contributed by atoms with Gasteiger partial charge in [-0.3, -0.25) is 9.59 Å². The molecular weight excluding hydrogens is 296 g/mol. The van der Waals surface area contributed by atoms with Crippen molar-refractivity contribution in [2.75, 3.05) is 0 Å². The number of rotatable bonds is 6. The summed E-state index contributed by atoms with van der Waals surface area (Å²) in [6, 6.07) is 9.33. The van der Waals surface area contributed by atoms with E-state index < -0.39 is 17.4 Å². The van der Waals surface area contributed by atoms with Crippen LogP contribution >= 0.6 is 12.6 Å². The predicted octanol–water partition coefficient (Wildman–Crippen LogP) is 4.23. The number of carbonyl (C=O) groups is 2. The summed E-state index contributed by atoms with van der Waals surface area (Å²) in [4.78, 5) is 24.7. The van der Waals surface area contributed by atoms with Gasteiger partial charge in [-0.2, -0.15) is 0 Å². The molecule has 0 N–H and O–H groups in total. The Balaban J connectivity index is 3.20. The summed E-state index contributed by atoms with van der Waals surface area (Å²) < 4.78 is 5.54. The Kier molecular flexibility index (Phi) is 6.66. The SMILES string of the molecule is CC(C)C[C@H](C(=O)S)C(C(=O)OC(C)(C)C)c1ccccc1. The van der Waals surface area contributed by atoms with Crippen LogP contribution in [0.3, 0.4) is 0 Å². The molecule has 0 aliphatic rings. The van der Waals surface area contributed by atoms with E-state index in [0.29, 0.717) is 6.42 Å². The van der Waals surface area contributed by atoms with Crippen LogP contribution in [0, 0.1) is 11.8 Å². The zero-order chi connectivity index (χ0) is 16.9.